The zero-order chi connectivity index (χ0) is 11.6. The molecule has 0 aliphatic rings. The van der Waals surface area contributed by atoms with E-state index in [0.29, 0.717) is 6.61 Å². The van der Waals surface area contributed by atoms with E-state index in [9.17, 15) is 5.11 Å². The molecule has 0 atom stereocenters. The van der Waals surface area contributed by atoms with Gasteiger partial charge in [-0.25, -0.2) is 0 Å². The Morgan fingerprint density at radius 3 is 2.27 bits per heavy atom. The van der Waals surface area contributed by atoms with Crippen LogP contribution in [0.2, 0.25) is 0 Å². The predicted molar refractivity (Wildman–Crippen MR) is 62.3 cm³/mol. The van der Waals surface area contributed by atoms with E-state index in [1.165, 1.54) is 0 Å². The van der Waals surface area contributed by atoms with Gasteiger partial charge in [-0.05, 0) is 63.4 Å². The average molecular weight is 208 g/mol. The van der Waals surface area contributed by atoms with Crippen LogP contribution in [0.3, 0.4) is 0 Å². The largest absolute Gasteiger partial charge is 0.494 e. The summed E-state index contributed by atoms with van der Waals surface area (Å²) in [5, 5.41) is 9.97. The minimum Gasteiger partial charge on any atom is -0.494 e. The molecule has 0 aliphatic heterocycles. The van der Waals surface area contributed by atoms with Crippen molar-refractivity contribution in [3.63, 3.8) is 0 Å². The van der Waals surface area contributed by atoms with Crippen molar-refractivity contribution in [2.24, 2.45) is 0 Å². The lowest BCUT2D eigenvalue weighted by molar-refractivity contribution is 0.0778. The fraction of sp³-hybridized carbons (Fsp3) is 0.538. The van der Waals surface area contributed by atoms with Gasteiger partial charge >= 0.3 is 0 Å². The lowest BCUT2D eigenvalue weighted by atomic mass is 9.92. The van der Waals surface area contributed by atoms with Crippen molar-refractivity contribution in [1.82, 2.24) is 0 Å². The first-order valence-electron chi connectivity index (χ1n) is 5.33. The van der Waals surface area contributed by atoms with Crippen LogP contribution in [-0.2, 0) is 5.60 Å². The summed E-state index contributed by atoms with van der Waals surface area (Å²) in [5.41, 5.74) is 2.30. The van der Waals surface area contributed by atoms with E-state index in [2.05, 4.69) is 0 Å². The van der Waals surface area contributed by atoms with Gasteiger partial charge < -0.3 is 9.84 Å². The van der Waals surface area contributed by atoms with Crippen LogP contribution in [-0.4, -0.2) is 11.7 Å². The van der Waals surface area contributed by atoms with Crippen LogP contribution in [0.15, 0.2) is 12.1 Å². The van der Waals surface area contributed by atoms with E-state index < -0.39 is 5.60 Å². The van der Waals surface area contributed by atoms with E-state index in [0.717, 1.165) is 22.4 Å². The normalized spacial score (nSPS) is 11.6. The van der Waals surface area contributed by atoms with Crippen LogP contribution < -0.4 is 4.74 Å². The molecule has 0 aromatic heterocycles. The van der Waals surface area contributed by atoms with Crippen molar-refractivity contribution >= 4 is 0 Å². The molecule has 0 fully saturated rings. The molecule has 84 valence electrons. The Morgan fingerprint density at radius 1 is 1.20 bits per heavy atom. The summed E-state index contributed by atoms with van der Waals surface area (Å²) in [5.74, 6) is 0.906. The maximum Gasteiger partial charge on any atom is 0.122 e. The predicted octanol–water partition coefficient (Wildman–Crippen LogP) is 2.93. The zero-order valence-corrected chi connectivity index (χ0v) is 10.2. The van der Waals surface area contributed by atoms with Crippen molar-refractivity contribution in [2.45, 2.75) is 40.2 Å². The van der Waals surface area contributed by atoms with Crippen LogP contribution in [0, 0.1) is 13.8 Å². The monoisotopic (exact) mass is 208 g/mol. The summed E-state index contributed by atoms with van der Waals surface area (Å²) in [7, 11) is 0. The summed E-state index contributed by atoms with van der Waals surface area (Å²) >= 11 is 0. The third kappa shape index (κ3) is 2.72. The molecule has 0 radical (unpaired) electrons. The Bertz CT molecular complexity index is 348. The molecular weight excluding hydrogens is 188 g/mol. The van der Waals surface area contributed by atoms with Crippen molar-refractivity contribution < 1.29 is 9.84 Å². The van der Waals surface area contributed by atoms with Crippen molar-refractivity contribution in [3.05, 3.63) is 28.8 Å². The number of hydrogen-bond acceptors (Lipinski definition) is 2. The first-order chi connectivity index (χ1) is 6.86. The van der Waals surface area contributed by atoms with Crippen LogP contribution in [0.1, 0.15) is 37.5 Å². The van der Waals surface area contributed by atoms with E-state index in [-0.39, 0.29) is 0 Å². The van der Waals surface area contributed by atoms with E-state index in [1.807, 2.05) is 32.9 Å². The van der Waals surface area contributed by atoms with Gasteiger partial charge in [0, 0.05) is 0 Å². The Labute approximate surface area is 91.9 Å². The van der Waals surface area contributed by atoms with Crippen molar-refractivity contribution in [2.75, 3.05) is 6.61 Å². The average Bonchev–Trinajstić information content (AvgIpc) is 2.09. The van der Waals surface area contributed by atoms with Crippen molar-refractivity contribution in [1.29, 1.82) is 0 Å². The number of aryl methyl sites for hydroxylation is 2. The van der Waals surface area contributed by atoms with Gasteiger partial charge in [0.25, 0.3) is 0 Å². The number of ether oxygens (including phenoxy) is 1. The smallest absolute Gasteiger partial charge is 0.122 e. The number of hydrogen-bond donors (Lipinski definition) is 1. The summed E-state index contributed by atoms with van der Waals surface area (Å²) in [6, 6.07) is 3.99. The second kappa shape index (κ2) is 4.23. The highest BCUT2D eigenvalue weighted by Gasteiger charge is 2.19. The Morgan fingerprint density at radius 2 is 1.80 bits per heavy atom. The van der Waals surface area contributed by atoms with Gasteiger partial charge in [0.2, 0.25) is 0 Å². The first-order valence-corrected chi connectivity index (χ1v) is 5.33. The molecule has 0 unspecified atom stereocenters. The first kappa shape index (κ1) is 12.1. The molecule has 1 aromatic rings. The third-order valence-corrected chi connectivity index (χ3v) is 2.48. The van der Waals surface area contributed by atoms with Gasteiger partial charge in [0.05, 0.1) is 12.2 Å². The second-order valence-electron chi connectivity index (χ2n) is 4.42. The minimum atomic E-state index is -0.792. The fourth-order valence-corrected chi connectivity index (χ4v) is 1.76. The van der Waals surface area contributed by atoms with Gasteiger partial charge in [-0.15, -0.1) is 0 Å². The van der Waals surface area contributed by atoms with Gasteiger partial charge in [-0.1, -0.05) is 0 Å². The van der Waals surface area contributed by atoms with Gasteiger partial charge in [0.15, 0.2) is 0 Å². The summed E-state index contributed by atoms with van der Waals surface area (Å²) in [6.45, 7) is 10.2. The maximum absolute atomic E-state index is 9.97. The Balaban J connectivity index is 3.20. The SMILES string of the molecule is CCOc1cc(C)c(C(C)(C)O)cc1C. The molecule has 1 N–H and O–H groups in total. The number of benzene rings is 1. The molecular formula is C13H20O2. The standard InChI is InChI=1S/C13H20O2/c1-6-15-12-8-9(2)11(7-10(12)3)13(4,5)14/h7-8,14H,6H2,1-5H3. The van der Waals surface area contributed by atoms with Crippen LogP contribution in [0.25, 0.3) is 0 Å². The topological polar surface area (TPSA) is 29.5 Å². The summed E-state index contributed by atoms with van der Waals surface area (Å²) in [6.07, 6.45) is 0. The molecule has 0 spiro atoms. The molecule has 0 aliphatic carbocycles. The number of rotatable bonds is 3. The minimum absolute atomic E-state index is 0.669. The van der Waals surface area contributed by atoms with Gasteiger partial charge in [0.1, 0.15) is 5.75 Å². The van der Waals surface area contributed by atoms with Crippen molar-refractivity contribution in [3.8, 4) is 5.75 Å². The number of aliphatic hydroxyl groups is 1. The van der Waals surface area contributed by atoms with Crippen LogP contribution >= 0.6 is 0 Å². The Hall–Kier alpha value is -1.02. The molecule has 15 heavy (non-hydrogen) atoms. The van der Waals surface area contributed by atoms with E-state index >= 15 is 0 Å². The molecule has 0 amide bonds. The highest BCUT2D eigenvalue weighted by atomic mass is 16.5. The van der Waals surface area contributed by atoms with E-state index in [4.69, 9.17) is 4.74 Å². The lowest BCUT2D eigenvalue weighted by Crippen LogP contribution is -2.17. The highest BCUT2D eigenvalue weighted by Crippen LogP contribution is 2.29. The molecule has 2 heteroatoms. The fourth-order valence-electron chi connectivity index (χ4n) is 1.76. The third-order valence-electron chi connectivity index (χ3n) is 2.48. The summed E-state index contributed by atoms with van der Waals surface area (Å²) in [4.78, 5) is 0. The Kier molecular flexibility index (Phi) is 3.40. The molecule has 2 nitrogen and oxygen atoms in total. The molecule has 0 bridgehead atoms. The van der Waals surface area contributed by atoms with E-state index in [1.54, 1.807) is 13.8 Å². The summed E-state index contributed by atoms with van der Waals surface area (Å²) < 4.78 is 5.50. The zero-order valence-electron chi connectivity index (χ0n) is 10.2. The quantitative estimate of drug-likeness (QED) is 0.827. The van der Waals surface area contributed by atoms with Crippen LogP contribution in [0.5, 0.6) is 5.75 Å². The molecule has 0 saturated heterocycles. The van der Waals surface area contributed by atoms with Gasteiger partial charge in [-0.3, -0.25) is 0 Å². The maximum atomic E-state index is 9.97. The van der Waals surface area contributed by atoms with Gasteiger partial charge in [-0.2, -0.15) is 0 Å². The highest BCUT2D eigenvalue weighted by molar-refractivity contribution is 5.43. The lowest BCUT2D eigenvalue weighted by Gasteiger charge is -2.22. The molecule has 1 rings (SSSR count). The molecule has 0 heterocycles. The van der Waals surface area contributed by atoms with Crippen LogP contribution in [0.4, 0.5) is 0 Å². The molecule has 0 saturated carbocycles. The molecule has 1 aromatic carbocycles. The second-order valence-corrected chi connectivity index (χ2v) is 4.42.